The largest absolute Gasteiger partial charge is 0.379 e. The van der Waals surface area contributed by atoms with Crippen molar-refractivity contribution in [1.29, 1.82) is 0 Å². The minimum Gasteiger partial charge on any atom is -0.379 e. The Morgan fingerprint density at radius 1 is 1.33 bits per heavy atom. The Bertz CT molecular complexity index is 449. The zero-order chi connectivity index (χ0) is 15.1. The third-order valence-electron chi connectivity index (χ3n) is 3.53. The molecule has 116 valence electrons. The zero-order valence-electron chi connectivity index (χ0n) is 12.3. The summed E-state index contributed by atoms with van der Waals surface area (Å²) in [6, 6.07) is 6.51. The Morgan fingerprint density at radius 3 is 2.67 bits per heavy atom. The van der Waals surface area contributed by atoms with E-state index in [4.69, 9.17) is 17.0 Å². The van der Waals surface area contributed by atoms with Crippen LogP contribution in [0, 0.1) is 5.82 Å². The van der Waals surface area contributed by atoms with Crippen molar-refractivity contribution in [1.82, 2.24) is 15.5 Å². The summed E-state index contributed by atoms with van der Waals surface area (Å²) < 4.78 is 18.2. The number of rotatable bonds is 5. The van der Waals surface area contributed by atoms with E-state index >= 15 is 0 Å². The molecule has 6 heteroatoms. The van der Waals surface area contributed by atoms with Gasteiger partial charge in [-0.1, -0.05) is 12.1 Å². The van der Waals surface area contributed by atoms with E-state index in [9.17, 15) is 4.39 Å². The molecule has 2 rings (SSSR count). The van der Waals surface area contributed by atoms with Crippen LogP contribution >= 0.6 is 12.2 Å². The van der Waals surface area contributed by atoms with Crippen molar-refractivity contribution < 1.29 is 9.13 Å². The predicted octanol–water partition coefficient (Wildman–Crippen LogP) is 1.68. The standard InChI is InChI=1S/C15H22FN3OS/c1-12(13-2-4-14(16)5-3-13)18-15(21)17-6-7-19-8-10-20-11-9-19/h2-5,12H,6-11H2,1H3,(H2,17,18,21)/t12-/m1/s1. The van der Waals surface area contributed by atoms with Gasteiger partial charge in [0, 0.05) is 26.2 Å². The maximum absolute atomic E-state index is 12.9. The summed E-state index contributed by atoms with van der Waals surface area (Å²) in [5.74, 6) is -0.225. The monoisotopic (exact) mass is 311 g/mol. The van der Waals surface area contributed by atoms with Gasteiger partial charge in [0.2, 0.25) is 0 Å². The molecule has 1 atom stereocenters. The third-order valence-corrected chi connectivity index (χ3v) is 3.80. The lowest BCUT2D eigenvalue weighted by molar-refractivity contribution is 0.0389. The molecule has 4 nitrogen and oxygen atoms in total. The fraction of sp³-hybridized carbons (Fsp3) is 0.533. The molecular weight excluding hydrogens is 289 g/mol. The highest BCUT2D eigenvalue weighted by molar-refractivity contribution is 7.80. The zero-order valence-corrected chi connectivity index (χ0v) is 13.1. The number of morpholine rings is 1. The lowest BCUT2D eigenvalue weighted by Crippen LogP contribution is -2.44. The Labute approximate surface area is 130 Å². The van der Waals surface area contributed by atoms with Gasteiger partial charge in [-0.3, -0.25) is 4.90 Å². The summed E-state index contributed by atoms with van der Waals surface area (Å²) in [4.78, 5) is 2.35. The molecule has 1 aliphatic rings. The fourth-order valence-corrected chi connectivity index (χ4v) is 2.51. The molecule has 1 fully saturated rings. The van der Waals surface area contributed by atoms with Crippen LogP contribution in [0.4, 0.5) is 4.39 Å². The summed E-state index contributed by atoms with van der Waals surface area (Å²) in [6.07, 6.45) is 0. The average molecular weight is 311 g/mol. The molecule has 1 aromatic rings. The van der Waals surface area contributed by atoms with Gasteiger partial charge in [0.1, 0.15) is 5.82 Å². The van der Waals surface area contributed by atoms with E-state index in [1.807, 2.05) is 6.92 Å². The van der Waals surface area contributed by atoms with Gasteiger partial charge in [-0.2, -0.15) is 0 Å². The summed E-state index contributed by atoms with van der Waals surface area (Å²) in [7, 11) is 0. The molecule has 1 heterocycles. The minimum absolute atomic E-state index is 0.0500. The number of halogens is 1. The second-order valence-corrected chi connectivity index (χ2v) is 5.54. The van der Waals surface area contributed by atoms with Gasteiger partial charge < -0.3 is 15.4 Å². The molecule has 1 aliphatic heterocycles. The van der Waals surface area contributed by atoms with Crippen LogP contribution in [0.5, 0.6) is 0 Å². The summed E-state index contributed by atoms with van der Waals surface area (Å²) >= 11 is 5.28. The smallest absolute Gasteiger partial charge is 0.166 e. The van der Waals surface area contributed by atoms with Gasteiger partial charge in [-0.15, -0.1) is 0 Å². The highest BCUT2D eigenvalue weighted by Gasteiger charge is 2.10. The molecule has 0 aliphatic carbocycles. The molecule has 0 radical (unpaired) electrons. The van der Waals surface area contributed by atoms with Crippen molar-refractivity contribution in [2.75, 3.05) is 39.4 Å². The highest BCUT2D eigenvalue weighted by Crippen LogP contribution is 2.12. The van der Waals surface area contributed by atoms with Crippen LogP contribution in [0.25, 0.3) is 0 Å². The van der Waals surface area contributed by atoms with Gasteiger partial charge in [0.25, 0.3) is 0 Å². The maximum Gasteiger partial charge on any atom is 0.166 e. The normalized spacial score (nSPS) is 17.2. The van der Waals surface area contributed by atoms with Gasteiger partial charge in [0.05, 0.1) is 19.3 Å². The van der Waals surface area contributed by atoms with Gasteiger partial charge in [-0.05, 0) is 36.8 Å². The highest BCUT2D eigenvalue weighted by atomic mass is 32.1. The molecule has 0 amide bonds. The molecule has 0 bridgehead atoms. The Balaban J connectivity index is 1.67. The van der Waals surface area contributed by atoms with Crippen LogP contribution in [0.15, 0.2) is 24.3 Å². The first-order valence-corrected chi connectivity index (χ1v) is 7.66. The SMILES string of the molecule is C[C@@H](NC(=S)NCCN1CCOCC1)c1ccc(F)cc1. The summed E-state index contributed by atoms with van der Waals surface area (Å²) in [5, 5.41) is 7.04. The van der Waals surface area contributed by atoms with E-state index < -0.39 is 0 Å². The number of hydrogen-bond donors (Lipinski definition) is 2. The average Bonchev–Trinajstić information content (AvgIpc) is 2.49. The number of ether oxygens (including phenoxy) is 1. The Hall–Kier alpha value is -1.24. The van der Waals surface area contributed by atoms with E-state index in [2.05, 4.69) is 15.5 Å². The van der Waals surface area contributed by atoms with Crippen molar-refractivity contribution in [2.45, 2.75) is 13.0 Å². The molecule has 0 unspecified atom stereocenters. The first-order chi connectivity index (χ1) is 10.1. The summed E-state index contributed by atoms with van der Waals surface area (Å²) in [5.41, 5.74) is 1.01. The number of hydrogen-bond acceptors (Lipinski definition) is 3. The quantitative estimate of drug-likeness (QED) is 0.809. The Morgan fingerprint density at radius 2 is 2.00 bits per heavy atom. The molecule has 2 N–H and O–H groups in total. The van der Waals surface area contributed by atoms with Gasteiger partial charge >= 0.3 is 0 Å². The maximum atomic E-state index is 12.9. The molecule has 0 saturated carbocycles. The van der Waals surface area contributed by atoms with Crippen molar-refractivity contribution in [3.8, 4) is 0 Å². The third kappa shape index (κ3) is 5.57. The van der Waals surface area contributed by atoms with E-state index in [-0.39, 0.29) is 11.9 Å². The number of thiocarbonyl (C=S) groups is 1. The number of nitrogens with one attached hydrogen (secondary N) is 2. The second-order valence-electron chi connectivity index (χ2n) is 5.13. The molecule has 0 spiro atoms. The molecular formula is C15H22FN3OS. The first kappa shape index (κ1) is 16.1. The van der Waals surface area contributed by atoms with E-state index in [1.165, 1.54) is 12.1 Å². The van der Waals surface area contributed by atoms with Crippen molar-refractivity contribution in [2.24, 2.45) is 0 Å². The lowest BCUT2D eigenvalue weighted by Gasteiger charge is -2.27. The van der Waals surface area contributed by atoms with Crippen molar-refractivity contribution in [3.05, 3.63) is 35.6 Å². The lowest BCUT2D eigenvalue weighted by atomic mass is 10.1. The van der Waals surface area contributed by atoms with E-state index in [0.29, 0.717) is 5.11 Å². The topological polar surface area (TPSA) is 36.5 Å². The van der Waals surface area contributed by atoms with Crippen LogP contribution in [-0.2, 0) is 4.74 Å². The first-order valence-electron chi connectivity index (χ1n) is 7.25. The number of benzene rings is 1. The van der Waals surface area contributed by atoms with Crippen molar-refractivity contribution >= 4 is 17.3 Å². The van der Waals surface area contributed by atoms with E-state index in [0.717, 1.165) is 45.0 Å². The van der Waals surface area contributed by atoms with Crippen LogP contribution in [0.2, 0.25) is 0 Å². The molecule has 1 aromatic carbocycles. The summed E-state index contributed by atoms with van der Waals surface area (Å²) in [6.45, 7) is 7.34. The van der Waals surface area contributed by atoms with Gasteiger partial charge in [0.15, 0.2) is 5.11 Å². The van der Waals surface area contributed by atoms with Gasteiger partial charge in [-0.25, -0.2) is 4.39 Å². The number of nitrogens with zero attached hydrogens (tertiary/aromatic N) is 1. The van der Waals surface area contributed by atoms with Crippen LogP contribution in [0.3, 0.4) is 0 Å². The van der Waals surface area contributed by atoms with Crippen LogP contribution in [-0.4, -0.2) is 49.4 Å². The Kier molecular flexibility index (Phi) is 6.35. The molecule has 21 heavy (non-hydrogen) atoms. The molecule has 1 saturated heterocycles. The van der Waals surface area contributed by atoms with E-state index in [1.54, 1.807) is 12.1 Å². The minimum atomic E-state index is -0.225. The van der Waals surface area contributed by atoms with Crippen molar-refractivity contribution in [3.63, 3.8) is 0 Å². The fourth-order valence-electron chi connectivity index (χ4n) is 2.23. The van der Waals surface area contributed by atoms with Crippen LogP contribution < -0.4 is 10.6 Å². The molecule has 0 aromatic heterocycles. The van der Waals surface area contributed by atoms with Crippen LogP contribution in [0.1, 0.15) is 18.5 Å². The second kappa shape index (κ2) is 8.26. The predicted molar refractivity (Wildman–Crippen MR) is 85.8 cm³/mol.